The fourth-order valence-corrected chi connectivity index (χ4v) is 6.45. The highest BCUT2D eigenvalue weighted by Gasteiger charge is 2.33. The Balaban J connectivity index is 2.07. The summed E-state index contributed by atoms with van der Waals surface area (Å²) in [6.45, 7) is 5.51. The summed E-state index contributed by atoms with van der Waals surface area (Å²) in [5, 5.41) is 2.80. The van der Waals surface area contributed by atoms with Gasteiger partial charge in [-0.05, 0) is 84.2 Å². The van der Waals surface area contributed by atoms with E-state index in [0.717, 1.165) is 15.4 Å². The smallest absolute Gasteiger partial charge is 0.264 e. The second kappa shape index (κ2) is 14.4. The maximum Gasteiger partial charge on any atom is 0.264 e. The number of hydrogen-bond acceptors (Lipinski definition) is 6. The molecule has 9 nitrogen and oxygen atoms in total. The van der Waals surface area contributed by atoms with Crippen LogP contribution in [0.15, 0.2) is 76.1 Å². The average Bonchev–Trinajstić information content (AvgIpc) is 2.96. The molecule has 0 unspecified atom stereocenters. The molecule has 1 atom stereocenters. The van der Waals surface area contributed by atoms with Gasteiger partial charge in [-0.15, -0.1) is 0 Å². The number of hydrogen-bond donors (Lipinski definition) is 1. The van der Waals surface area contributed by atoms with Gasteiger partial charge in [0, 0.05) is 13.1 Å². The zero-order valence-corrected chi connectivity index (χ0v) is 26.3. The van der Waals surface area contributed by atoms with Crippen molar-refractivity contribution in [1.82, 2.24) is 10.2 Å². The topological polar surface area (TPSA) is 105 Å². The van der Waals surface area contributed by atoms with Crippen molar-refractivity contribution < 1.29 is 27.5 Å². The van der Waals surface area contributed by atoms with Crippen molar-refractivity contribution in [2.24, 2.45) is 0 Å². The monoisotopic (exact) mass is 645 g/mol. The number of methoxy groups -OCH3 is 2. The van der Waals surface area contributed by atoms with Crippen LogP contribution in [-0.4, -0.2) is 58.5 Å². The maximum absolute atomic E-state index is 14.1. The average molecular weight is 647 g/mol. The van der Waals surface area contributed by atoms with Gasteiger partial charge < -0.3 is 19.7 Å². The number of anilines is 1. The van der Waals surface area contributed by atoms with Crippen molar-refractivity contribution in [3.63, 3.8) is 0 Å². The van der Waals surface area contributed by atoms with Gasteiger partial charge in [0.25, 0.3) is 10.0 Å². The molecule has 0 fully saturated rings. The zero-order valence-electron chi connectivity index (χ0n) is 23.9. The van der Waals surface area contributed by atoms with Crippen molar-refractivity contribution in [2.45, 2.75) is 44.7 Å². The minimum atomic E-state index is -4.20. The summed E-state index contributed by atoms with van der Waals surface area (Å²) in [4.78, 5) is 28.5. The normalized spacial score (nSPS) is 11.9. The van der Waals surface area contributed by atoms with Crippen molar-refractivity contribution in [2.75, 3.05) is 31.6 Å². The van der Waals surface area contributed by atoms with Crippen molar-refractivity contribution in [3.8, 4) is 11.5 Å². The van der Waals surface area contributed by atoms with Crippen LogP contribution in [0, 0.1) is 6.92 Å². The van der Waals surface area contributed by atoms with Crippen LogP contribution in [-0.2, 0) is 26.2 Å². The number of nitrogens with zero attached hydrogens (tertiary/aromatic N) is 2. The number of benzene rings is 3. The molecule has 220 valence electrons. The van der Waals surface area contributed by atoms with Gasteiger partial charge in [-0.3, -0.25) is 13.9 Å². The number of ether oxygens (including phenoxy) is 2. The van der Waals surface area contributed by atoms with E-state index in [2.05, 4.69) is 21.2 Å². The molecule has 0 radical (unpaired) electrons. The molecule has 3 aromatic carbocycles. The summed E-state index contributed by atoms with van der Waals surface area (Å²) in [5.74, 6) is 0.307. The Morgan fingerprint density at radius 3 is 2.15 bits per heavy atom. The van der Waals surface area contributed by atoms with Crippen molar-refractivity contribution in [1.29, 1.82) is 0 Å². The molecular formula is C30H36BrN3O6S. The first kappa shape index (κ1) is 32.0. The van der Waals surface area contributed by atoms with Crippen molar-refractivity contribution in [3.05, 3.63) is 82.3 Å². The number of carbonyl (C=O) groups is 2. The van der Waals surface area contributed by atoms with Crippen LogP contribution in [0.25, 0.3) is 0 Å². The molecule has 1 N–H and O–H groups in total. The molecule has 0 heterocycles. The van der Waals surface area contributed by atoms with E-state index in [1.807, 2.05) is 26.0 Å². The number of rotatable bonds is 13. The van der Waals surface area contributed by atoms with Crippen LogP contribution >= 0.6 is 15.9 Å². The van der Waals surface area contributed by atoms with Gasteiger partial charge in [0.1, 0.15) is 24.1 Å². The second-order valence-electron chi connectivity index (χ2n) is 9.33. The SMILES string of the molecule is CCNC(=O)[C@@H](CC)N(Cc1ccc(OC)cc1)C(=O)CN(c1ccc(C)cc1)S(=O)(=O)c1ccc(OC)c(Br)c1. The third kappa shape index (κ3) is 7.80. The maximum atomic E-state index is 14.1. The third-order valence-electron chi connectivity index (χ3n) is 6.56. The van der Waals surface area contributed by atoms with E-state index in [-0.39, 0.29) is 17.3 Å². The lowest BCUT2D eigenvalue weighted by Gasteiger charge is -2.33. The first-order valence-corrected chi connectivity index (χ1v) is 15.4. The summed E-state index contributed by atoms with van der Waals surface area (Å²) in [6.07, 6.45) is 0.344. The molecule has 2 amide bonds. The molecule has 3 aromatic rings. The predicted octanol–water partition coefficient (Wildman–Crippen LogP) is 4.91. The number of sulfonamides is 1. The molecule has 3 rings (SSSR count). The first-order valence-electron chi connectivity index (χ1n) is 13.2. The highest BCUT2D eigenvalue weighted by molar-refractivity contribution is 9.10. The van der Waals surface area contributed by atoms with Crippen LogP contribution in [0.1, 0.15) is 31.4 Å². The number of carbonyl (C=O) groups excluding carboxylic acids is 2. The molecule has 0 spiro atoms. The van der Waals surface area contributed by atoms with Gasteiger partial charge in [-0.2, -0.15) is 0 Å². The molecule has 0 aliphatic heterocycles. The molecule has 0 saturated carbocycles. The lowest BCUT2D eigenvalue weighted by molar-refractivity contribution is -0.140. The Labute approximate surface area is 250 Å². The third-order valence-corrected chi connectivity index (χ3v) is 8.95. The summed E-state index contributed by atoms with van der Waals surface area (Å²) < 4.78 is 40.1. The van der Waals surface area contributed by atoms with E-state index in [9.17, 15) is 18.0 Å². The molecule has 11 heteroatoms. The Morgan fingerprint density at radius 1 is 0.951 bits per heavy atom. The first-order chi connectivity index (χ1) is 19.5. The molecule has 0 saturated heterocycles. The zero-order chi connectivity index (χ0) is 30.2. The largest absolute Gasteiger partial charge is 0.497 e. The van der Waals surface area contributed by atoms with E-state index >= 15 is 0 Å². The quantitative estimate of drug-likeness (QED) is 0.283. The standard InChI is InChI=1S/C30H36BrN3O6S/c1-6-27(30(36)32-7-2)33(19-22-10-14-24(39-4)15-11-22)29(35)20-34(23-12-8-21(3)9-13-23)41(37,38)25-16-17-28(40-5)26(31)18-25/h8-18,27H,6-7,19-20H2,1-5H3,(H,32,36)/t27-/m1/s1. The van der Waals surface area contributed by atoms with Gasteiger partial charge in [0.05, 0.1) is 29.3 Å². The van der Waals surface area contributed by atoms with Crippen LogP contribution in [0.3, 0.4) is 0 Å². The number of nitrogens with one attached hydrogen (secondary N) is 1. The van der Waals surface area contributed by atoms with Gasteiger partial charge in [-0.25, -0.2) is 8.42 Å². The Kier molecular flexibility index (Phi) is 11.2. The minimum absolute atomic E-state index is 0.0176. The molecule has 41 heavy (non-hydrogen) atoms. The van der Waals surface area contributed by atoms with Crippen LogP contribution < -0.4 is 19.1 Å². The Morgan fingerprint density at radius 2 is 1.61 bits per heavy atom. The molecular weight excluding hydrogens is 610 g/mol. The highest BCUT2D eigenvalue weighted by atomic mass is 79.9. The van der Waals surface area contributed by atoms with Gasteiger partial charge >= 0.3 is 0 Å². The van der Waals surface area contributed by atoms with Crippen LogP contribution in [0.4, 0.5) is 5.69 Å². The molecule has 0 aliphatic rings. The number of amides is 2. The fraction of sp³-hybridized carbons (Fsp3) is 0.333. The molecule has 0 bridgehead atoms. The fourth-order valence-electron chi connectivity index (χ4n) is 4.31. The lowest BCUT2D eigenvalue weighted by atomic mass is 10.1. The highest BCUT2D eigenvalue weighted by Crippen LogP contribution is 2.31. The van der Waals surface area contributed by atoms with E-state index in [1.165, 1.54) is 24.1 Å². The second-order valence-corrected chi connectivity index (χ2v) is 12.0. The molecule has 0 aromatic heterocycles. The number of likely N-dealkylation sites (N-methyl/N-ethyl adjacent to an activating group) is 1. The Bertz CT molecular complexity index is 1450. The van der Waals surface area contributed by atoms with Gasteiger partial charge in [-0.1, -0.05) is 36.8 Å². The van der Waals surface area contributed by atoms with Crippen LogP contribution in [0.5, 0.6) is 11.5 Å². The predicted molar refractivity (Wildman–Crippen MR) is 163 cm³/mol. The summed E-state index contributed by atoms with van der Waals surface area (Å²) in [5.41, 5.74) is 2.03. The lowest BCUT2D eigenvalue weighted by Crippen LogP contribution is -2.52. The summed E-state index contributed by atoms with van der Waals surface area (Å²) in [7, 11) is -1.15. The van der Waals surface area contributed by atoms with Gasteiger partial charge in [0.2, 0.25) is 11.8 Å². The van der Waals surface area contributed by atoms with Gasteiger partial charge in [0.15, 0.2) is 0 Å². The summed E-state index contributed by atoms with van der Waals surface area (Å²) in [6, 6.07) is 17.7. The van der Waals surface area contributed by atoms with E-state index in [1.54, 1.807) is 56.5 Å². The minimum Gasteiger partial charge on any atom is -0.497 e. The number of aryl methyl sites for hydroxylation is 1. The van der Waals surface area contributed by atoms with Crippen LogP contribution in [0.2, 0.25) is 0 Å². The Hall–Kier alpha value is -3.57. The van der Waals surface area contributed by atoms with E-state index in [0.29, 0.717) is 34.6 Å². The number of halogens is 1. The van der Waals surface area contributed by atoms with E-state index < -0.39 is 28.5 Å². The molecule has 0 aliphatic carbocycles. The van der Waals surface area contributed by atoms with E-state index in [4.69, 9.17) is 9.47 Å². The summed E-state index contributed by atoms with van der Waals surface area (Å²) >= 11 is 3.36. The van der Waals surface area contributed by atoms with Crippen molar-refractivity contribution >= 4 is 43.5 Å².